The normalized spacial score (nSPS) is 10.8. The van der Waals surface area contributed by atoms with Gasteiger partial charge in [0, 0.05) is 31.7 Å². The van der Waals surface area contributed by atoms with E-state index in [1.165, 1.54) is 5.56 Å². The third-order valence-corrected chi connectivity index (χ3v) is 4.67. The van der Waals surface area contributed by atoms with Crippen LogP contribution in [0.4, 0.5) is 11.6 Å². The van der Waals surface area contributed by atoms with E-state index in [1.807, 2.05) is 30.3 Å². The summed E-state index contributed by atoms with van der Waals surface area (Å²) in [7, 11) is 1.78. The lowest BCUT2D eigenvalue weighted by Gasteiger charge is -2.18. The molecule has 5 heteroatoms. The number of rotatable bonds is 6. The smallest absolute Gasteiger partial charge is 0.257 e. The molecule has 0 bridgehead atoms. The van der Waals surface area contributed by atoms with Crippen molar-refractivity contribution in [2.45, 2.75) is 33.2 Å². The van der Waals surface area contributed by atoms with Crippen LogP contribution in [0.3, 0.4) is 0 Å². The maximum atomic E-state index is 12.6. The first-order valence-corrected chi connectivity index (χ1v) is 9.43. The number of nitrogens with zero attached hydrogens (tertiary/aromatic N) is 3. The highest BCUT2D eigenvalue weighted by Crippen LogP contribution is 2.29. The van der Waals surface area contributed by atoms with Crippen LogP contribution in [0, 0.1) is 6.92 Å². The lowest BCUT2D eigenvalue weighted by atomic mass is 9.98. The zero-order valence-electron chi connectivity index (χ0n) is 16.8. The van der Waals surface area contributed by atoms with Crippen molar-refractivity contribution in [2.24, 2.45) is 0 Å². The SMILES string of the molecule is Cc1cccc(C(C)C)c1Nc1ncc(C(=O)N(C)Cc2ccccc2)cn1. The second kappa shape index (κ2) is 8.65. The van der Waals surface area contributed by atoms with Gasteiger partial charge < -0.3 is 10.2 Å². The number of carbonyl (C=O) groups excluding carboxylic acids is 1. The second-order valence-corrected chi connectivity index (χ2v) is 7.26. The van der Waals surface area contributed by atoms with Gasteiger partial charge in [-0.25, -0.2) is 9.97 Å². The van der Waals surface area contributed by atoms with Gasteiger partial charge in [0.2, 0.25) is 5.95 Å². The molecule has 28 heavy (non-hydrogen) atoms. The van der Waals surface area contributed by atoms with E-state index in [0.29, 0.717) is 24.0 Å². The van der Waals surface area contributed by atoms with E-state index < -0.39 is 0 Å². The molecule has 0 atom stereocenters. The quantitative estimate of drug-likeness (QED) is 0.665. The fraction of sp³-hybridized carbons (Fsp3) is 0.261. The number of hydrogen-bond donors (Lipinski definition) is 1. The Hall–Kier alpha value is -3.21. The zero-order chi connectivity index (χ0) is 20.1. The van der Waals surface area contributed by atoms with Crippen LogP contribution in [0.25, 0.3) is 0 Å². The van der Waals surface area contributed by atoms with Crippen LogP contribution in [-0.2, 0) is 6.54 Å². The van der Waals surface area contributed by atoms with Crippen LogP contribution in [0.1, 0.15) is 46.8 Å². The van der Waals surface area contributed by atoms with Crippen molar-refractivity contribution in [3.63, 3.8) is 0 Å². The Bertz CT molecular complexity index is 937. The molecule has 3 rings (SSSR count). The Balaban J connectivity index is 1.73. The fourth-order valence-electron chi connectivity index (χ4n) is 3.11. The average Bonchev–Trinajstić information content (AvgIpc) is 2.70. The molecule has 1 aromatic heterocycles. The predicted molar refractivity (Wildman–Crippen MR) is 113 cm³/mol. The van der Waals surface area contributed by atoms with Crippen molar-refractivity contribution < 1.29 is 4.79 Å². The average molecular weight is 374 g/mol. The van der Waals surface area contributed by atoms with E-state index >= 15 is 0 Å². The molecule has 0 saturated heterocycles. The van der Waals surface area contributed by atoms with Gasteiger partial charge in [0.25, 0.3) is 5.91 Å². The molecule has 0 unspecified atom stereocenters. The van der Waals surface area contributed by atoms with E-state index in [1.54, 1.807) is 24.3 Å². The Morgan fingerprint density at radius 3 is 2.36 bits per heavy atom. The van der Waals surface area contributed by atoms with Crippen LogP contribution in [-0.4, -0.2) is 27.8 Å². The first-order valence-electron chi connectivity index (χ1n) is 9.43. The molecule has 2 aromatic carbocycles. The zero-order valence-corrected chi connectivity index (χ0v) is 16.8. The maximum Gasteiger partial charge on any atom is 0.257 e. The van der Waals surface area contributed by atoms with Gasteiger partial charge in [-0.05, 0) is 29.5 Å². The third-order valence-electron chi connectivity index (χ3n) is 4.67. The van der Waals surface area contributed by atoms with E-state index in [4.69, 9.17) is 0 Å². The highest BCUT2D eigenvalue weighted by Gasteiger charge is 2.14. The van der Waals surface area contributed by atoms with E-state index in [9.17, 15) is 4.79 Å². The van der Waals surface area contributed by atoms with Crippen molar-refractivity contribution in [2.75, 3.05) is 12.4 Å². The molecule has 0 radical (unpaired) electrons. The Labute approximate surface area is 166 Å². The molecule has 3 aromatic rings. The molecule has 1 N–H and O–H groups in total. The minimum absolute atomic E-state index is 0.103. The van der Waals surface area contributed by atoms with Gasteiger partial charge in [-0.3, -0.25) is 4.79 Å². The van der Waals surface area contributed by atoms with Crippen LogP contribution >= 0.6 is 0 Å². The summed E-state index contributed by atoms with van der Waals surface area (Å²) in [4.78, 5) is 23.0. The highest BCUT2D eigenvalue weighted by atomic mass is 16.2. The van der Waals surface area contributed by atoms with Crippen LogP contribution in [0.15, 0.2) is 60.9 Å². The largest absolute Gasteiger partial charge is 0.337 e. The van der Waals surface area contributed by atoms with Crippen molar-refractivity contribution >= 4 is 17.5 Å². The number of anilines is 2. The summed E-state index contributed by atoms with van der Waals surface area (Å²) in [6.45, 7) is 6.92. The molecule has 0 aliphatic rings. The number of aromatic nitrogens is 2. The van der Waals surface area contributed by atoms with Crippen LogP contribution in [0.5, 0.6) is 0 Å². The molecule has 0 aliphatic carbocycles. The Morgan fingerprint density at radius 1 is 1.04 bits per heavy atom. The second-order valence-electron chi connectivity index (χ2n) is 7.26. The number of amides is 1. The lowest BCUT2D eigenvalue weighted by Crippen LogP contribution is -2.26. The summed E-state index contributed by atoms with van der Waals surface area (Å²) >= 11 is 0. The minimum Gasteiger partial charge on any atom is -0.337 e. The summed E-state index contributed by atoms with van der Waals surface area (Å²) in [6.07, 6.45) is 3.15. The van der Waals surface area contributed by atoms with E-state index in [-0.39, 0.29) is 5.91 Å². The first-order chi connectivity index (χ1) is 13.5. The number of carbonyl (C=O) groups is 1. The number of nitrogens with one attached hydrogen (secondary N) is 1. The van der Waals surface area contributed by atoms with Gasteiger partial charge in [0.1, 0.15) is 0 Å². The molecule has 5 nitrogen and oxygen atoms in total. The summed E-state index contributed by atoms with van der Waals surface area (Å²) in [6, 6.07) is 16.1. The topological polar surface area (TPSA) is 58.1 Å². The number of hydrogen-bond acceptors (Lipinski definition) is 4. The van der Waals surface area contributed by atoms with Crippen molar-refractivity contribution in [3.05, 3.63) is 83.2 Å². The monoisotopic (exact) mass is 374 g/mol. The summed E-state index contributed by atoms with van der Waals surface area (Å²) in [5, 5.41) is 3.31. The molecular formula is C23H26N4O. The molecule has 1 amide bonds. The van der Waals surface area contributed by atoms with E-state index in [2.05, 4.69) is 54.3 Å². The molecule has 0 spiro atoms. The Kier molecular flexibility index (Phi) is 6.04. The molecule has 0 fully saturated rings. The molecule has 144 valence electrons. The van der Waals surface area contributed by atoms with Crippen LogP contribution in [0.2, 0.25) is 0 Å². The standard InChI is InChI=1S/C23H26N4O/c1-16(2)20-12-8-9-17(3)21(20)26-23-24-13-19(14-25-23)22(28)27(4)15-18-10-6-5-7-11-18/h5-14,16H,15H2,1-4H3,(H,24,25,26). The summed E-state index contributed by atoms with van der Waals surface area (Å²) in [5.74, 6) is 0.766. The number of aryl methyl sites for hydroxylation is 1. The van der Waals surface area contributed by atoms with Gasteiger partial charge >= 0.3 is 0 Å². The van der Waals surface area contributed by atoms with Gasteiger partial charge in [-0.15, -0.1) is 0 Å². The van der Waals surface area contributed by atoms with Crippen molar-refractivity contribution in [1.82, 2.24) is 14.9 Å². The molecular weight excluding hydrogens is 348 g/mol. The third kappa shape index (κ3) is 4.55. The number of benzene rings is 2. The van der Waals surface area contributed by atoms with Gasteiger partial charge in [0.15, 0.2) is 0 Å². The van der Waals surface area contributed by atoms with Gasteiger partial charge in [-0.1, -0.05) is 62.4 Å². The molecule has 0 saturated carbocycles. The number of para-hydroxylation sites is 1. The summed E-state index contributed by atoms with van der Waals surface area (Å²) in [5.41, 5.74) is 4.93. The fourth-order valence-corrected chi connectivity index (χ4v) is 3.11. The van der Waals surface area contributed by atoms with Crippen molar-refractivity contribution in [1.29, 1.82) is 0 Å². The van der Waals surface area contributed by atoms with Gasteiger partial charge in [-0.2, -0.15) is 0 Å². The summed E-state index contributed by atoms with van der Waals surface area (Å²) < 4.78 is 0. The van der Waals surface area contributed by atoms with Crippen molar-refractivity contribution in [3.8, 4) is 0 Å². The predicted octanol–water partition coefficient (Wildman–Crippen LogP) is 4.92. The lowest BCUT2D eigenvalue weighted by molar-refractivity contribution is 0.0784. The molecule has 1 heterocycles. The Morgan fingerprint density at radius 2 is 1.71 bits per heavy atom. The maximum absolute atomic E-state index is 12.6. The minimum atomic E-state index is -0.103. The van der Waals surface area contributed by atoms with Crippen LogP contribution < -0.4 is 5.32 Å². The highest BCUT2D eigenvalue weighted by molar-refractivity contribution is 5.93. The molecule has 0 aliphatic heterocycles. The van der Waals surface area contributed by atoms with E-state index in [0.717, 1.165) is 16.8 Å². The van der Waals surface area contributed by atoms with Gasteiger partial charge in [0.05, 0.1) is 5.56 Å². The first kappa shape index (κ1) is 19.5.